The quantitative estimate of drug-likeness (QED) is 0.893. The Morgan fingerprint density at radius 1 is 1.10 bits per heavy atom. The lowest BCUT2D eigenvalue weighted by Gasteiger charge is -2.19. The second-order valence-corrected chi connectivity index (χ2v) is 4.41. The zero-order valence-corrected chi connectivity index (χ0v) is 11.6. The highest BCUT2D eigenvalue weighted by Crippen LogP contribution is 2.22. The highest BCUT2D eigenvalue weighted by Gasteiger charge is 2.12. The molecule has 0 radical (unpaired) electrons. The molecule has 1 heterocycles. The summed E-state index contributed by atoms with van der Waals surface area (Å²) in [6.45, 7) is 0. The summed E-state index contributed by atoms with van der Waals surface area (Å²) in [7, 11) is 5.47. The number of hydrogen-bond acceptors (Lipinski definition) is 7. The Bertz CT molecular complexity index is 660. The third kappa shape index (κ3) is 2.75. The highest BCUT2D eigenvalue weighted by molar-refractivity contribution is 5.60. The van der Waals surface area contributed by atoms with E-state index in [2.05, 4.69) is 21.0 Å². The average molecular weight is 269 g/mol. The fourth-order valence-electron chi connectivity index (χ4n) is 1.62. The van der Waals surface area contributed by atoms with Crippen LogP contribution in [0.15, 0.2) is 24.3 Å². The standard InChI is InChI=1S/C13H15N7/c1-19(2)12-16-11(15)17-13(18-12)20(3)10-6-4-5-9(7-10)8-14/h4-7H,1-3H3,(H2,15,16,17,18). The summed E-state index contributed by atoms with van der Waals surface area (Å²) < 4.78 is 0. The van der Waals surface area contributed by atoms with Crippen molar-refractivity contribution in [3.8, 4) is 6.07 Å². The van der Waals surface area contributed by atoms with E-state index in [0.29, 0.717) is 17.5 Å². The van der Waals surface area contributed by atoms with Gasteiger partial charge in [-0.25, -0.2) is 0 Å². The third-order valence-corrected chi connectivity index (χ3v) is 2.69. The third-order valence-electron chi connectivity index (χ3n) is 2.69. The van der Waals surface area contributed by atoms with Crippen LogP contribution >= 0.6 is 0 Å². The first-order valence-corrected chi connectivity index (χ1v) is 5.94. The molecule has 7 nitrogen and oxygen atoms in total. The molecule has 2 N–H and O–H groups in total. The van der Waals surface area contributed by atoms with Gasteiger partial charge in [0.2, 0.25) is 17.8 Å². The van der Waals surface area contributed by atoms with Gasteiger partial charge in [-0.3, -0.25) is 0 Å². The molecule has 0 aliphatic carbocycles. The van der Waals surface area contributed by atoms with E-state index >= 15 is 0 Å². The minimum Gasteiger partial charge on any atom is -0.368 e. The van der Waals surface area contributed by atoms with Crippen LogP contribution < -0.4 is 15.5 Å². The maximum Gasteiger partial charge on any atom is 0.236 e. The summed E-state index contributed by atoms with van der Waals surface area (Å²) in [6, 6.07) is 9.28. The lowest BCUT2D eigenvalue weighted by molar-refractivity contribution is 0.939. The normalized spacial score (nSPS) is 9.90. The van der Waals surface area contributed by atoms with Gasteiger partial charge >= 0.3 is 0 Å². The van der Waals surface area contributed by atoms with Gasteiger partial charge in [0, 0.05) is 26.8 Å². The molecule has 7 heteroatoms. The van der Waals surface area contributed by atoms with E-state index in [1.165, 1.54) is 0 Å². The molecule has 0 fully saturated rings. The van der Waals surface area contributed by atoms with Crippen molar-refractivity contribution in [2.75, 3.05) is 36.7 Å². The highest BCUT2D eigenvalue weighted by atomic mass is 15.3. The fraction of sp³-hybridized carbons (Fsp3) is 0.231. The molecule has 0 saturated carbocycles. The molecule has 2 rings (SSSR count). The average Bonchev–Trinajstić information content (AvgIpc) is 2.45. The molecule has 1 aromatic carbocycles. The molecule has 0 atom stereocenters. The van der Waals surface area contributed by atoms with Gasteiger partial charge in [0.25, 0.3) is 0 Å². The van der Waals surface area contributed by atoms with Crippen LogP contribution in [0.4, 0.5) is 23.5 Å². The summed E-state index contributed by atoms with van der Waals surface area (Å²) in [5.41, 5.74) is 7.08. The molecule has 0 unspecified atom stereocenters. The van der Waals surface area contributed by atoms with Gasteiger partial charge in [0.1, 0.15) is 0 Å². The monoisotopic (exact) mass is 269 g/mol. The van der Waals surface area contributed by atoms with Gasteiger partial charge in [-0.05, 0) is 18.2 Å². The number of aromatic nitrogens is 3. The Labute approximate surface area is 117 Å². The van der Waals surface area contributed by atoms with E-state index in [9.17, 15) is 0 Å². The van der Waals surface area contributed by atoms with Gasteiger partial charge in [0.05, 0.1) is 11.6 Å². The van der Waals surface area contributed by atoms with Crippen LogP contribution in [0.25, 0.3) is 0 Å². The van der Waals surface area contributed by atoms with Gasteiger partial charge in [-0.1, -0.05) is 6.07 Å². The molecular formula is C13H15N7. The van der Waals surface area contributed by atoms with Crippen LogP contribution in [0.1, 0.15) is 5.56 Å². The maximum atomic E-state index is 8.94. The Hall–Kier alpha value is -2.88. The lowest BCUT2D eigenvalue weighted by Crippen LogP contribution is -2.19. The van der Waals surface area contributed by atoms with Crippen molar-refractivity contribution in [3.05, 3.63) is 29.8 Å². The predicted molar refractivity (Wildman–Crippen MR) is 77.8 cm³/mol. The van der Waals surface area contributed by atoms with Crippen LogP contribution in [0.2, 0.25) is 0 Å². The largest absolute Gasteiger partial charge is 0.368 e. The van der Waals surface area contributed by atoms with Crippen LogP contribution in [-0.4, -0.2) is 36.1 Å². The summed E-state index contributed by atoms with van der Waals surface area (Å²) in [4.78, 5) is 16.0. The molecule has 0 bridgehead atoms. The smallest absolute Gasteiger partial charge is 0.236 e. The zero-order valence-electron chi connectivity index (χ0n) is 11.6. The number of anilines is 4. The van der Waals surface area contributed by atoms with Gasteiger partial charge in [-0.2, -0.15) is 20.2 Å². The van der Waals surface area contributed by atoms with Crippen LogP contribution in [0.5, 0.6) is 0 Å². The van der Waals surface area contributed by atoms with E-state index in [4.69, 9.17) is 11.0 Å². The van der Waals surface area contributed by atoms with E-state index in [1.54, 1.807) is 21.9 Å². The van der Waals surface area contributed by atoms with Crippen LogP contribution in [-0.2, 0) is 0 Å². The molecule has 0 spiro atoms. The van der Waals surface area contributed by atoms with E-state index in [0.717, 1.165) is 5.69 Å². The molecule has 0 aliphatic heterocycles. The van der Waals surface area contributed by atoms with Crippen molar-refractivity contribution in [1.82, 2.24) is 15.0 Å². The van der Waals surface area contributed by atoms with Crippen LogP contribution in [0.3, 0.4) is 0 Å². The van der Waals surface area contributed by atoms with Gasteiger partial charge < -0.3 is 15.5 Å². The second kappa shape index (κ2) is 5.40. The molecule has 0 saturated heterocycles. The van der Waals surface area contributed by atoms with E-state index in [1.807, 2.05) is 33.3 Å². The number of nitrogens with zero attached hydrogens (tertiary/aromatic N) is 6. The van der Waals surface area contributed by atoms with Crippen molar-refractivity contribution >= 4 is 23.5 Å². The topological polar surface area (TPSA) is 95.0 Å². The number of nitrogens with two attached hydrogens (primary N) is 1. The Balaban J connectivity index is 2.42. The number of nitrogen functional groups attached to an aromatic ring is 1. The van der Waals surface area contributed by atoms with Crippen molar-refractivity contribution in [1.29, 1.82) is 5.26 Å². The Morgan fingerprint density at radius 3 is 2.45 bits per heavy atom. The molecule has 0 amide bonds. The summed E-state index contributed by atoms with van der Waals surface area (Å²) in [6.07, 6.45) is 0. The maximum absolute atomic E-state index is 8.94. The summed E-state index contributed by atoms with van der Waals surface area (Å²) >= 11 is 0. The Morgan fingerprint density at radius 2 is 1.80 bits per heavy atom. The molecule has 102 valence electrons. The minimum absolute atomic E-state index is 0.155. The molecule has 1 aromatic heterocycles. The minimum atomic E-state index is 0.155. The van der Waals surface area contributed by atoms with E-state index < -0.39 is 0 Å². The first kappa shape index (κ1) is 13.5. The fourth-order valence-corrected chi connectivity index (χ4v) is 1.62. The van der Waals surface area contributed by atoms with Crippen molar-refractivity contribution in [2.24, 2.45) is 0 Å². The molecule has 0 aliphatic rings. The lowest BCUT2D eigenvalue weighted by atomic mass is 10.2. The molecular weight excluding hydrogens is 254 g/mol. The van der Waals surface area contributed by atoms with Gasteiger partial charge in [-0.15, -0.1) is 0 Å². The second-order valence-electron chi connectivity index (χ2n) is 4.41. The number of rotatable bonds is 3. The molecule has 20 heavy (non-hydrogen) atoms. The predicted octanol–water partition coefficient (Wildman–Crippen LogP) is 1.16. The van der Waals surface area contributed by atoms with E-state index in [-0.39, 0.29) is 5.95 Å². The Kier molecular flexibility index (Phi) is 3.66. The molecule has 2 aromatic rings. The SMILES string of the molecule is CN(C)c1nc(N)nc(N(C)c2cccc(C#N)c2)n1. The number of hydrogen-bond donors (Lipinski definition) is 1. The van der Waals surface area contributed by atoms with Crippen molar-refractivity contribution in [3.63, 3.8) is 0 Å². The number of benzene rings is 1. The van der Waals surface area contributed by atoms with Crippen LogP contribution in [0, 0.1) is 11.3 Å². The number of nitriles is 1. The summed E-state index contributed by atoms with van der Waals surface area (Å²) in [5.74, 6) is 1.06. The van der Waals surface area contributed by atoms with Gasteiger partial charge in [0.15, 0.2) is 0 Å². The first-order valence-electron chi connectivity index (χ1n) is 5.94. The van der Waals surface area contributed by atoms with Crippen molar-refractivity contribution < 1.29 is 0 Å². The summed E-state index contributed by atoms with van der Waals surface area (Å²) in [5, 5.41) is 8.94. The van der Waals surface area contributed by atoms with Crippen molar-refractivity contribution in [2.45, 2.75) is 0 Å². The zero-order chi connectivity index (χ0) is 14.7. The first-order chi connectivity index (χ1) is 9.51.